The fourth-order valence-electron chi connectivity index (χ4n) is 7.05. The summed E-state index contributed by atoms with van der Waals surface area (Å²) in [5, 5.41) is 72.1. The zero-order chi connectivity index (χ0) is 48.7. The zero-order valence-electron chi connectivity index (χ0n) is 40.3. The number of carbonyl (C=O) groups excluding carboxylic acids is 1. The number of aliphatic hydroxyl groups is 7. The van der Waals surface area contributed by atoms with E-state index in [0.717, 1.165) is 83.5 Å². The topological polar surface area (TPSA) is 214 Å². The van der Waals surface area contributed by atoms with Crippen LogP contribution in [0.4, 0.5) is 0 Å². The Hall–Kier alpha value is -3.09. The Balaban J connectivity index is 1.83. The predicted molar refractivity (Wildman–Crippen MR) is 261 cm³/mol. The van der Waals surface area contributed by atoms with Gasteiger partial charge in [0.1, 0.15) is 54.9 Å². The number of esters is 1. The average molecular weight is 947 g/mol. The standard InChI is InChI=1S/C53H86O14/c1-3-5-7-9-11-13-15-17-19-20-21-22-23-24-26-28-30-32-34-36-45(55)65-42(39-62-37-35-33-31-29-27-25-18-16-14-12-10-8-6-4-2)40-63-52-51(61)49(59)47(57)44(67-52)41-64-53-50(60)48(58)46(56)43(38-54)66-53/h5,7-8,10-11,13-14,16-17,19,21-22,24,26,30,32,42-44,46-54,56-61H,3-4,6,9,12,15,18,20,23,25,27-29,31,33-41H2,1-2H3/b7-5-,10-8-,13-11-,16-14-,19-17-,22-21-,26-24-,32-30-. The van der Waals surface area contributed by atoms with E-state index in [-0.39, 0.29) is 19.6 Å². The van der Waals surface area contributed by atoms with E-state index in [1.807, 2.05) is 12.2 Å². The van der Waals surface area contributed by atoms with Crippen molar-refractivity contribution in [3.63, 3.8) is 0 Å². The van der Waals surface area contributed by atoms with Crippen LogP contribution in [0.2, 0.25) is 0 Å². The molecule has 14 heteroatoms. The van der Waals surface area contributed by atoms with E-state index in [1.54, 1.807) is 0 Å². The lowest BCUT2D eigenvalue weighted by molar-refractivity contribution is -0.332. The minimum absolute atomic E-state index is 0.0171. The van der Waals surface area contributed by atoms with Gasteiger partial charge in [0.05, 0.1) is 26.4 Å². The van der Waals surface area contributed by atoms with E-state index in [0.29, 0.717) is 13.0 Å². The molecule has 11 unspecified atom stereocenters. The summed E-state index contributed by atoms with van der Waals surface area (Å²) in [5.41, 5.74) is 0. The van der Waals surface area contributed by atoms with Gasteiger partial charge in [0.25, 0.3) is 0 Å². The van der Waals surface area contributed by atoms with Crippen LogP contribution < -0.4 is 0 Å². The number of unbranched alkanes of at least 4 members (excludes halogenated alkanes) is 7. The van der Waals surface area contributed by atoms with Gasteiger partial charge in [0.15, 0.2) is 12.6 Å². The third-order valence-corrected chi connectivity index (χ3v) is 11.1. The Bertz CT molecular complexity index is 1470. The molecule has 0 aromatic heterocycles. The summed E-state index contributed by atoms with van der Waals surface area (Å²) in [6.07, 6.45) is 34.8. The maximum absolute atomic E-state index is 13.0. The van der Waals surface area contributed by atoms with Crippen LogP contribution in [0.5, 0.6) is 0 Å². The minimum atomic E-state index is -1.73. The number of hydrogen-bond donors (Lipinski definition) is 7. The lowest BCUT2D eigenvalue weighted by Crippen LogP contribution is -2.61. The van der Waals surface area contributed by atoms with Crippen LogP contribution in [0, 0.1) is 0 Å². The molecule has 0 saturated carbocycles. The van der Waals surface area contributed by atoms with E-state index in [1.165, 1.54) is 19.3 Å². The van der Waals surface area contributed by atoms with Crippen LogP contribution in [-0.2, 0) is 33.2 Å². The molecule has 11 atom stereocenters. The Morgan fingerprint density at radius 3 is 1.52 bits per heavy atom. The molecule has 67 heavy (non-hydrogen) atoms. The number of ether oxygens (including phenoxy) is 6. The molecule has 382 valence electrons. The van der Waals surface area contributed by atoms with Gasteiger partial charge in [0, 0.05) is 13.0 Å². The van der Waals surface area contributed by atoms with E-state index in [9.17, 15) is 40.5 Å². The first kappa shape index (κ1) is 60.0. The van der Waals surface area contributed by atoms with Gasteiger partial charge in [-0.15, -0.1) is 0 Å². The van der Waals surface area contributed by atoms with Crippen molar-refractivity contribution < 1.29 is 69.0 Å². The fourth-order valence-corrected chi connectivity index (χ4v) is 7.05. The van der Waals surface area contributed by atoms with Crippen molar-refractivity contribution in [2.75, 3.05) is 33.0 Å². The molecule has 2 aliphatic rings. The summed E-state index contributed by atoms with van der Waals surface area (Å²) in [5.74, 6) is -0.467. The third kappa shape index (κ3) is 27.6. The van der Waals surface area contributed by atoms with Gasteiger partial charge in [-0.25, -0.2) is 0 Å². The molecule has 0 amide bonds. The molecule has 2 aliphatic heterocycles. The summed E-state index contributed by atoms with van der Waals surface area (Å²) in [6, 6.07) is 0. The highest BCUT2D eigenvalue weighted by atomic mass is 16.7. The van der Waals surface area contributed by atoms with Crippen molar-refractivity contribution in [2.24, 2.45) is 0 Å². The maximum Gasteiger partial charge on any atom is 0.306 e. The first-order valence-electron chi connectivity index (χ1n) is 24.8. The molecule has 2 rings (SSSR count). The molecule has 0 spiro atoms. The van der Waals surface area contributed by atoms with E-state index in [2.05, 4.69) is 98.9 Å². The summed E-state index contributed by atoms with van der Waals surface area (Å²) < 4.78 is 34.1. The van der Waals surface area contributed by atoms with Gasteiger partial charge in [-0.2, -0.15) is 0 Å². The van der Waals surface area contributed by atoms with Crippen molar-refractivity contribution in [1.29, 1.82) is 0 Å². The van der Waals surface area contributed by atoms with Crippen molar-refractivity contribution in [3.05, 3.63) is 97.2 Å². The van der Waals surface area contributed by atoms with Crippen LogP contribution >= 0.6 is 0 Å². The second kappa shape index (κ2) is 39.7. The summed E-state index contributed by atoms with van der Waals surface area (Å²) in [4.78, 5) is 13.0. The molecule has 0 aliphatic carbocycles. The first-order chi connectivity index (χ1) is 32.6. The van der Waals surface area contributed by atoms with Crippen molar-refractivity contribution in [2.45, 2.75) is 197 Å². The van der Waals surface area contributed by atoms with Gasteiger partial charge in [-0.1, -0.05) is 143 Å². The Morgan fingerprint density at radius 1 is 0.507 bits per heavy atom. The van der Waals surface area contributed by atoms with E-state index >= 15 is 0 Å². The molecule has 7 N–H and O–H groups in total. The summed E-state index contributed by atoms with van der Waals surface area (Å²) in [7, 11) is 0. The van der Waals surface area contributed by atoms with Gasteiger partial charge in [-0.05, 0) is 77.0 Å². The van der Waals surface area contributed by atoms with Crippen LogP contribution in [0.25, 0.3) is 0 Å². The van der Waals surface area contributed by atoms with Gasteiger partial charge in [0.2, 0.25) is 0 Å². The van der Waals surface area contributed by atoms with Crippen molar-refractivity contribution in [1.82, 2.24) is 0 Å². The lowest BCUT2D eigenvalue weighted by Gasteiger charge is -2.42. The zero-order valence-corrected chi connectivity index (χ0v) is 40.3. The minimum Gasteiger partial charge on any atom is -0.457 e. The number of hydrogen-bond acceptors (Lipinski definition) is 14. The second-order valence-corrected chi connectivity index (χ2v) is 16.9. The quantitative estimate of drug-likeness (QED) is 0.0189. The monoisotopic (exact) mass is 947 g/mol. The normalized spacial score (nSPS) is 26.9. The molecule has 0 radical (unpaired) electrons. The molecule has 0 bridgehead atoms. The number of aliphatic hydroxyl groups excluding tert-OH is 7. The molecule has 14 nitrogen and oxygen atoms in total. The first-order valence-corrected chi connectivity index (χ1v) is 24.8. The van der Waals surface area contributed by atoms with E-state index < -0.39 is 86.7 Å². The number of rotatable bonds is 37. The van der Waals surface area contributed by atoms with Crippen LogP contribution in [0.3, 0.4) is 0 Å². The predicted octanol–water partition coefficient (Wildman–Crippen LogP) is 7.07. The number of carbonyl (C=O) groups is 1. The molecule has 2 heterocycles. The van der Waals surface area contributed by atoms with E-state index in [4.69, 9.17) is 28.4 Å². The van der Waals surface area contributed by atoms with Gasteiger partial charge < -0.3 is 64.2 Å². The molecule has 0 aromatic rings. The number of allylic oxidation sites excluding steroid dienone is 16. The second-order valence-electron chi connectivity index (χ2n) is 16.9. The maximum atomic E-state index is 13.0. The Morgan fingerprint density at radius 2 is 0.970 bits per heavy atom. The smallest absolute Gasteiger partial charge is 0.306 e. The highest BCUT2D eigenvalue weighted by molar-refractivity contribution is 5.69. The largest absolute Gasteiger partial charge is 0.457 e. The highest BCUT2D eigenvalue weighted by Crippen LogP contribution is 2.26. The average Bonchev–Trinajstić information content (AvgIpc) is 3.32. The SMILES string of the molecule is CC/C=C\C/C=C\C/C=C\C/C=C\C/C=C\C/C=C\CCC(=O)OC(COCCCCCCCC/C=C\C/C=C\CCC)COC1OC(COC2OC(CO)C(O)C(O)C2O)C(O)C(O)C1O. The fraction of sp³-hybridized carbons (Fsp3) is 0.679. The van der Waals surface area contributed by atoms with Crippen molar-refractivity contribution >= 4 is 5.97 Å². The lowest BCUT2D eigenvalue weighted by atomic mass is 9.98. The van der Waals surface area contributed by atoms with Crippen LogP contribution in [-0.4, -0.2) is 142 Å². The van der Waals surface area contributed by atoms with Crippen LogP contribution in [0.15, 0.2) is 97.2 Å². The molecule has 2 saturated heterocycles. The van der Waals surface area contributed by atoms with Gasteiger partial charge >= 0.3 is 5.97 Å². The highest BCUT2D eigenvalue weighted by Gasteiger charge is 2.47. The molecular weight excluding hydrogens is 861 g/mol. The summed E-state index contributed by atoms with van der Waals surface area (Å²) >= 11 is 0. The molecule has 0 aromatic carbocycles. The Labute approximate surface area is 401 Å². The third-order valence-electron chi connectivity index (χ3n) is 11.1. The van der Waals surface area contributed by atoms with Gasteiger partial charge in [-0.3, -0.25) is 4.79 Å². The molecule has 2 fully saturated rings. The Kier molecular flexibility index (Phi) is 35.6. The molecular formula is C53H86O14. The van der Waals surface area contributed by atoms with Crippen molar-refractivity contribution in [3.8, 4) is 0 Å². The van der Waals surface area contributed by atoms with Crippen LogP contribution in [0.1, 0.15) is 129 Å². The summed E-state index contributed by atoms with van der Waals surface area (Å²) in [6.45, 7) is 3.35.